The van der Waals surface area contributed by atoms with Crippen molar-refractivity contribution < 1.29 is 27.5 Å². The van der Waals surface area contributed by atoms with Crippen LogP contribution >= 0.6 is 0 Å². The van der Waals surface area contributed by atoms with Crippen molar-refractivity contribution >= 4 is 11.9 Å². The van der Waals surface area contributed by atoms with E-state index >= 15 is 0 Å². The van der Waals surface area contributed by atoms with Gasteiger partial charge in [0.1, 0.15) is 6.54 Å². The number of nitrogens with one attached hydrogen (secondary N) is 1. The lowest BCUT2D eigenvalue weighted by molar-refractivity contribution is -0.143. The molecular weight excluding hydrogens is 317 g/mol. The number of aromatic nitrogens is 1. The number of amides is 1. The average molecular weight is 334 g/mol. The molecule has 0 aliphatic rings. The van der Waals surface area contributed by atoms with Gasteiger partial charge in [0.15, 0.2) is 0 Å². The number of nitrogens with zero attached hydrogens (tertiary/aromatic N) is 1. The first-order valence-electron chi connectivity index (χ1n) is 6.94. The van der Waals surface area contributed by atoms with E-state index in [-0.39, 0.29) is 19.6 Å². The van der Waals surface area contributed by atoms with Crippen molar-refractivity contribution in [3.63, 3.8) is 0 Å². The molecule has 9 heteroatoms. The quantitative estimate of drug-likeness (QED) is 0.603. The van der Waals surface area contributed by atoms with Crippen LogP contribution in [0.1, 0.15) is 25.3 Å². The number of hydrogen-bond acceptors (Lipinski definition) is 4. The maximum Gasteiger partial charge on any atom is 0.417 e. The monoisotopic (exact) mass is 334 g/mol. The predicted octanol–water partition coefficient (Wildman–Crippen LogP) is 1.33. The lowest BCUT2D eigenvalue weighted by atomic mass is 10.2. The third-order valence-corrected chi connectivity index (χ3v) is 2.81. The van der Waals surface area contributed by atoms with E-state index in [2.05, 4.69) is 5.32 Å². The molecule has 0 bridgehead atoms. The highest BCUT2D eigenvalue weighted by atomic mass is 19.4. The van der Waals surface area contributed by atoms with E-state index in [1.165, 1.54) is 0 Å². The Morgan fingerprint density at radius 1 is 1.30 bits per heavy atom. The largest absolute Gasteiger partial charge is 0.466 e. The van der Waals surface area contributed by atoms with Crippen molar-refractivity contribution in [1.82, 2.24) is 9.88 Å². The van der Waals surface area contributed by atoms with E-state index in [1.807, 2.05) is 0 Å². The van der Waals surface area contributed by atoms with Crippen molar-refractivity contribution in [3.8, 4) is 0 Å². The second-order valence-electron chi connectivity index (χ2n) is 4.64. The maximum absolute atomic E-state index is 12.6. The highest BCUT2D eigenvalue weighted by Crippen LogP contribution is 2.27. The Balaban J connectivity index is 2.51. The minimum absolute atomic E-state index is 0.123. The van der Waals surface area contributed by atoms with Gasteiger partial charge in [-0.25, -0.2) is 0 Å². The van der Waals surface area contributed by atoms with Gasteiger partial charge in [-0.2, -0.15) is 13.2 Å². The third-order valence-electron chi connectivity index (χ3n) is 2.81. The van der Waals surface area contributed by atoms with Crippen molar-refractivity contribution in [2.75, 3.05) is 13.2 Å². The Hall–Kier alpha value is -2.32. The summed E-state index contributed by atoms with van der Waals surface area (Å²) in [7, 11) is 0. The Morgan fingerprint density at radius 3 is 2.61 bits per heavy atom. The molecule has 0 saturated heterocycles. The zero-order chi connectivity index (χ0) is 17.5. The molecule has 0 fully saturated rings. The van der Waals surface area contributed by atoms with Crippen LogP contribution in [0.5, 0.6) is 0 Å². The summed E-state index contributed by atoms with van der Waals surface area (Å²) in [6.45, 7) is 1.57. The molecule has 0 spiro atoms. The first-order chi connectivity index (χ1) is 10.7. The van der Waals surface area contributed by atoms with Gasteiger partial charge in [-0.15, -0.1) is 0 Å². The van der Waals surface area contributed by atoms with Gasteiger partial charge in [0.05, 0.1) is 12.2 Å². The number of carbonyl (C=O) groups excluding carboxylic acids is 2. The normalized spacial score (nSPS) is 11.1. The number of esters is 1. The molecule has 1 rings (SSSR count). The molecule has 0 aliphatic heterocycles. The smallest absolute Gasteiger partial charge is 0.417 e. The Labute approximate surface area is 130 Å². The highest BCUT2D eigenvalue weighted by Gasteiger charge is 2.31. The number of halogens is 3. The molecule has 1 aromatic rings. The van der Waals surface area contributed by atoms with Gasteiger partial charge >= 0.3 is 12.1 Å². The molecule has 128 valence electrons. The standard InChI is InChI=1S/C14H17F3N2O4/c1-2-23-13(22)4-3-7-18-11(20)9-19-8-10(14(15,16)17)5-6-12(19)21/h5-6,8H,2-4,7,9H2,1H3,(H,18,20). The fraction of sp³-hybridized carbons (Fsp3) is 0.500. The number of rotatable bonds is 7. The predicted molar refractivity (Wildman–Crippen MR) is 74.6 cm³/mol. The molecule has 0 saturated carbocycles. The van der Waals surface area contributed by atoms with Crippen molar-refractivity contribution in [2.24, 2.45) is 0 Å². The fourth-order valence-corrected chi connectivity index (χ4v) is 1.73. The maximum atomic E-state index is 12.6. The van der Waals surface area contributed by atoms with Crippen molar-refractivity contribution in [1.29, 1.82) is 0 Å². The summed E-state index contributed by atoms with van der Waals surface area (Å²) in [4.78, 5) is 34.2. The van der Waals surface area contributed by atoms with Crippen molar-refractivity contribution in [2.45, 2.75) is 32.5 Å². The van der Waals surface area contributed by atoms with Crippen molar-refractivity contribution in [3.05, 3.63) is 34.2 Å². The lowest BCUT2D eigenvalue weighted by Crippen LogP contribution is -2.33. The Bertz CT molecular complexity index is 611. The number of carbonyl (C=O) groups is 2. The van der Waals surface area contributed by atoms with Crippen LogP contribution < -0.4 is 10.9 Å². The Morgan fingerprint density at radius 2 is 2.00 bits per heavy atom. The molecule has 23 heavy (non-hydrogen) atoms. The summed E-state index contributed by atoms with van der Waals surface area (Å²) in [5, 5.41) is 2.43. The van der Waals surface area contributed by atoms with Crippen LogP contribution in [0.25, 0.3) is 0 Å². The first-order valence-corrected chi connectivity index (χ1v) is 6.94. The van der Waals surface area contributed by atoms with Crippen LogP contribution in [-0.4, -0.2) is 29.6 Å². The third kappa shape index (κ3) is 6.54. The van der Waals surface area contributed by atoms with Crippen LogP contribution in [-0.2, 0) is 27.0 Å². The van der Waals surface area contributed by atoms with E-state index in [4.69, 9.17) is 4.74 Å². The second-order valence-corrected chi connectivity index (χ2v) is 4.64. The summed E-state index contributed by atoms with van der Waals surface area (Å²) >= 11 is 0. The van der Waals surface area contributed by atoms with Crippen LogP contribution in [0.3, 0.4) is 0 Å². The molecule has 1 heterocycles. The van der Waals surface area contributed by atoms with Gasteiger partial charge in [0.25, 0.3) is 5.56 Å². The summed E-state index contributed by atoms with van der Waals surface area (Å²) in [6, 6.07) is 1.42. The zero-order valence-electron chi connectivity index (χ0n) is 12.5. The van der Waals surface area contributed by atoms with Gasteiger partial charge in [0.2, 0.25) is 5.91 Å². The van der Waals surface area contributed by atoms with Gasteiger partial charge < -0.3 is 14.6 Å². The molecule has 1 amide bonds. The molecule has 6 nitrogen and oxygen atoms in total. The topological polar surface area (TPSA) is 77.4 Å². The Kier molecular flexibility index (Phi) is 6.80. The lowest BCUT2D eigenvalue weighted by Gasteiger charge is -2.11. The van der Waals surface area contributed by atoms with Crippen LogP contribution in [0.4, 0.5) is 13.2 Å². The van der Waals surface area contributed by atoms with E-state index in [0.717, 1.165) is 6.07 Å². The molecule has 1 N–H and O–H groups in total. The molecular formula is C14H17F3N2O4. The summed E-state index contributed by atoms with van der Waals surface area (Å²) in [5.74, 6) is -1.01. The molecule has 0 aromatic carbocycles. The molecule has 0 aliphatic carbocycles. The summed E-state index contributed by atoms with van der Waals surface area (Å²) < 4.78 is 43.1. The minimum Gasteiger partial charge on any atom is -0.466 e. The minimum atomic E-state index is -4.59. The van der Waals surface area contributed by atoms with Gasteiger partial charge in [-0.3, -0.25) is 14.4 Å². The molecule has 0 atom stereocenters. The summed E-state index contributed by atoms with van der Waals surface area (Å²) in [6.07, 6.45) is -3.54. The fourth-order valence-electron chi connectivity index (χ4n) is 1.73. The van der Waals surface area contributed by atoms with E-state index < -0.39 is 35.7 Å². The van der Waals surface area contributed by atoms with Crippen LogP contribution in [0.2, 0.25) is 0 Å². The van der Waals surface area contributed by atoms with E-state index in [9.17, 15) is 27.6 Å². The summed E-state index contributed by atoms with van der Waals surface area (Å²) in [5.41, 5.74) is -1.72. The first kappa shape index (κ1) is 18.7. The van der Waals surface area contributed by atoms with Gasteiger partial charge in [-0.05, 0) is 19.4 Å². The SMILES string of the molecule is CCOC(=O)CCCNC(=O)Cn1cc(C(F)(F)F)ccc1=O. The molecule has 0 unspecified atom stereocenters. The van der Waals surface area contributed by atoms with Crippen LogP contribution in [0, 0.1) is 0 Å². The molecule has 0 radical (unpaired) electrons. The zero-order valence-corrected chi connectivity index (χ0v) is 12.5. The van der Waals surface area contributed by atoms with Crippen LogP contribution in [0.15, 0.2) is 23.1 Å². The number of pyridine rings is 1. The second kappa shape index (κ2) is 8.35. The van der Waals surface area contributed by atoms with E-state index in [0.29, 0.717) is 23.3 Å². The van der Waals surface area contributed by atoms with Gasteiger partial charge in [0, 0.05) is 25.2 Å². The average Bonchev–Trinajstić information content (AvgIpc) is 2.45. The molecule has 1 aromatic heterocycles. The number of alkyl halides is 3. The van der Waals surface area contributed by atoms with E-state index in [1.54, 1.807) is 6.92 Å². The number of ether oxygens (including phenoxy) is 1. The number of hydrogen-bond donors (Lipinski definition) is 1. The highest BCUT2D eigenvalue weighted by molar-refractivity contribution is 5.75. The van der Waals surface area contributed by atoms with Gasteiger partial charge in [-0.1, -0.05) is 0 Å².